The number of carbonyl (C=O) groups is 5. The van der Waals surface area contributed by atoms with Crippen LogP contribution in [-0.2, 0) is 38.2 Å². The Morgan fingerprint density at radius 3 is 1.33 bits per heavy atom. The maximum Gasteiger partial charge on any atom is 0.338 e. The second-order valence-electron chi connectivity index (χ2n) is 12.1. The van der Waals surface area contributed by atoms with Gasteiger partial charge in [-0.15, -0.1) is 0 Å². The van der Waals surface area contributed by atoms with Crippen LogP contribution in [0.1, 0.15) is 135 Å². The molecule has 0 fully saturated rings. The molecule has 3 unspecified atom stereocenters. The van der Waals surface area contributed by atoms with Crippen molar-refractivity contribution in [1.29, 1.82) is 0 Å². The first-order chi connectivity index (χ1) is 22.0. The molecule has 0 aromatic carbocycles. The Morgan fingerprint density at radius 2 is 0.935 bits per heavy atom. The third-order valence-electron chi connectivity index (χ3n) is 7.71. The topological polar surface area (TPSA) is 220 Å². The number of hydrogen-bond acceptors (Lipinski definition) is 13. The van der Waals surface area contributed by atoms with E-state index in [-0.39, 0.29) is 32.1 Å². The van der Waals surface area contributed by atoms with E-state index in [4.69, 9.17) is 14.2 Å². The van der Waals surface area contributed by atoms with E-state index in [1.165, 1.54) is 64.2 Å². The number of aliphatic hydroxyl groups excluding tert-OH is 3. The summed E-state index contributed by atoms with van der Waals surface area (Å²) >= 11 is 0. The van der Waals surface area contributed by atoms with Gasteiger partial charge in [-0.2, -0.15) is 0 Å². The van der Waals surface area contributed by atoms with Gasteiger partial charge in [0.1, 0.15) is 25.9 Å². The molecule has 0 aliphatic heterocycles. The van der Waals surface area contributed by atoms with E-state index in [9.17, 15) is 49.5 Å². The number of esters is 3. The molecule has 0 rings (SSSR count). The molecule has 0 radical (unpaired) electrons. The summed E-state index contributed by atoms with van der Waals surface area (Å²) in [6.45, 7) is -0.455. The quantitative estimate of drug-likeness (QED) is 0.0548. The lowest BCUT2D eigenvalue weighted by Gasteiger charge is -2.30. The van der Waals surface area contributed by atoms with E-state index in [1.54, 1.807) is 0 Å². The summed E-state index contributed by atoms with van der Waals surface area (Å²) in [4.78, 5) is 57.8. The van der Waals surface area contributed by atoms with Crippen LogP contribution in [-0.4, -0.2) is 83.8 Å². The number of hydrogen-bond donors (Lipinski definition) is 3. The lowest BCUT2D eigenvalue weighted by molar-refractivity contribution is -0.318. The van der Waals surface area contributed by atoms with Crippen molar-refractivity contribution >= 4 is 29.8 Å². The van der Waals surface area contributed by atoms with Crippen LogP contribution in [0.5, 0.6) is 0 Å². The third kappa shape index (κ3) is 22.7. The average molecular weight is 661 g/mol. The van der Waals surface area contributed by atoms with E-state index >= 15 is 0 Å². The highest BCUT2D eigenvalue weighted by atomic mass is 16.6. The van der Waals surface area contributed by atoms with Crippen LogP contribution < -0.4 is 10.2 Å². The van der Waals surface area contributed by atoms with Gasteiger partial charge in [0.15, 0.2) is 6.10 Å². The van der Waals surface area contributed by atoms with Crippen molar-refractivity contribution in [2.24, 2.45) is 5.41 Å². The average Bonchev–Trinajstić information content (AvgIpc) is 3.03. The summed E-state index contributed by atoms with van der Waals surface area (Å²) in [6.07, 6.45) is 12.7. The van der Waals surface area contributed by atoms with Crippen LogP contribution in [0.15, 0.2) is 0 Å². The minimum Gasteiger partial charge on any atom is -0.550 e. The lowest BCUT2D eigenvalue weighted by atomic mass is 9.92. The van der Waals surface area contributed by atoms with Gasteiger partial charge >= 0.3 is 17.9 Å². The van der Waals surface area contributed by atoms with Gasteiger partial charge in [-0.3, -0.25) is 9.59 Å². The maximum absolute atomic E-state index is 12.4. The highest BCUT2D eigenvalue weighted by molar-refractivity contribution is 5.83. The minimum absolute atomic E-state index is 0.105. The van der Waals surface area contributed by atoms with E-state index in [1.807, 2.05) is 0 Å². The molecule has 13 heteroatoms. The van der Waals surface area contributed by atoms with Gasteiger partial charge in [0.05, 0.1) is 18.0 Å². The fourth-order valence-corrected chi connectivity index (χ4v) is 4.62. The molecule has 3 atom stereocenters. The molecule has 0 bridgehead atoms. The smallest absolute Gasteiger partial charge is 0.338 e. The van der Waals surface area contributed by atoms with Crippen molar-refractivity contribution in [3.63, 3.8) is 0 Å². The first-order valence-corrected chi connectivity index (χ1v) is 16.8. The molecule has 0 aliphatic carbocycles. The Balaban J connectivity index is 4.58. The van der Waals surface area contributed by atoms with Crippen molar-refractivity contribution < 1.29 is 63.7 Å². The zero-order chi connectivity index (χ0) is 34.6. The molecule has 0 spiro atoms. The Bertz CT molecular complexity index is 862. The van der Waals surface area contributed by atoms with Crippen molar-refractivity contribution in [1.82, 2.24) is 0 Å². The molecule has 0 aliphatic rings. The number of aliphatic carboxylic acids is 2. The van der Waals surface area contributed by atoms with Gasteiger partial charge in [-0.1, -0.05) is 96.8 Å². The number of carbonyl (C=O) groups excluding carboxylic acids is 5. The first kappa shape index (κ1) is 43.2. The Kier molecular flexibility index (Phi) is 25.7. The number of unbranched alkanes of at least 4 members (excludes halogenated alkanes) is 15. The SMILES string of the molecule is CCCCCCCCCCCCCCCCCC(=O)OCC(CO)(COC(=O)CCCCC(=O)[O-])COC(=O)C(O)C(O)C(=O)[O-]. The van der Waals surface area contributed by atoms with Crippen molar-refractivity contribution in [3.05, 3.63) is 0 Å². The number of rotatable bonds is 31. The molecule has 0 saturated heterocycles. The third-order valence-corrected chi connectivity index (χ3v) is 7.71. The van der Waals surface area contributed by atoms with Crippen LogP contribution in [0, 0.1) is 5.41 Å². The summed E-state index contributed by atoms with van der Waals surface area (Å²) in [5.74, 6) is -6.25. The van der Waals surface area contributed by atoms with Gasteiger partial charge in [0, 0.05) is 18.8 Å². The van der Waals surface area contributed by atoms with Crippen LogP contribution >= 0.6 is 0 Å². The number of ether oxygens (including phenoxy) is 3. The minimum atomic E-state index is -2.57. The summed E-state index contributed by atoms with van der Waals surface area (Å²) in [7, 11) is 0. The Hall–Kier alpha value is -2.77. The Labute approximate surface area is 273 Å². The predicted octanol–water partition coefficient (Wildman–Crippen LogP) is 1.64. The van der Waals surface area contributed by atoms with Crippen molar-refractivity contribution in [2.45, 2.75) is 148 Å². The highest BCUT2D eigenvalue weighted by Crippen LogP contribution is 2.21. The second-order valence-corrected chi connectivity index (χ2v) is 12.1. The fraction of sp³-hybridized carbons (Fsp3) is 0.848. The molecule has 0 saturated carbocycles. The second kappa shape index (κ2) is 27.4. The predicted molar refractivity (Wildman–Crippen MR) is 162 cm³/mol. The van der Waals surface area contributed by atoms with E-state index in [0.29, 0.717) is 6.42 Å². The zero-order valence-electron chi connectivity index (χ0n) is 27.5. The van der Waals surface area contributed by atoms with Gasteiger partial charge < -0.3 is 49.3 Å². The lowest BCUT2D eigenvalue weighted by Crippen LogP contribution is -2.49. The summed E-state index contributed by atoms with van der Waals surface area (Å²) < 4.78 is 15.3. The van der Waals surface area contributed by atoms with E-state index < -0.39 is 73.9 Å². The molecular formula is C33H56O13-2. The largest absolute Gasteiger partial charge is 0.550 e. The fourth-order valence-electron chi connectivity index (χ4n) is 4.62. The molecular weight excluding hydrogens is 604 g/mol. The molecule has 0 aromatic heterocycles. The highest BCUT2D eigenvalue weighted by Gasteiger charge is 2.37. The van der Waals surface area contributed by atoms with E-state index in [2.05, 4.69) is 6.92 Å². The molecule has 268 valence electrons. The zero-order valence-corrected chi connectivity index (χ0v) is 27.5. The summed E-state index contributed by atoms with van der Waals surface area (Å²) in [6, 6.07) is 0. The molecule has 0 amide bonds. The molecule has 0 heterocycles. The first-order valence-electron chi connectivity index (χ1n) is 16.8. The van der Waals surface area contributed by atoms with Crippen molar-refractivity contribution in [2.75, 3.05) is 26.4 Å². The van der Waals surface area contributed by atoms with Gasteiger partial charge in [0.2, 0.25) is 0 Å². The summed E-state index contributed by atoms with van der Waals surface area (Å²) in [5, 5.41) is 50.3. The monoisotopic (exact) mass is 660 g/mol. The number of carboxylic acid groups (broad SMARTS) is 2. The number of carboxylic acids is 2. The molecule has 3 N–H and O–H groups in total. The van der Waals surface area contributed by atoms with Crippen LogP contribution in [0.2, 0.25) is 0 Å². The molecule has 0 aromatic rings. The van der Waals surface area contributed by atoms with Crippen LogP contribution in [0.4, 0.5) is 0 Å². The standard InChI is InChI=1S/C33H58O13/c1-2-3-4-5-6-7-8-9-10-11-12-13-14-15-16-20-27(37)44-23-33(22-34,24-45-28(38)21-18-17-19-26(35)36)25-46-32(43)30(40)29(39)31(41)42/h29-30,34,39-40H,2-25H2,1H3,(H,35,36)(H,41,42)/p-2. The van der Waals surface area contributed by atoms with Gasteiger partial charge in [-0.25, -0.2) is 4.79 Å². The van der Waals surface area contributed by atoms with Gasteiger partial charge in [0.25, 0.3) is 0 Å². The Morgan fingerprint density at radius 1 is 0.565 bits per heavy atom. The van der Waals surface area contributed by atoms with E-state index in [0.717, 1.165) is 25.7 Å². The van der Waals surface area contributed by atoms with Crippen molar-refractivity contribution in [3.8, 4) is 0 Å². The maximum atomic E-state index is 12.4. The van der Waals surface area contributed by atoms with Crippen LogP contribution in [0.25, 0.3) is 0 Å². The summed E-state index contributed by atoms with van der Waals surface area (Å²) in [5.41, 5.74) is -1.66. The normalized spacial score (nSPS) is 13.7. The van der Waals surface area contributed by atoms with Gasteiger partial charge in [-0.05, 0) is 25.7 Å². The number of aliphatic hydroxyl groups is 3. The molecule has 46 heavy (non-hydrogen) atoms. The van der Waals surface area contributed by atoms with Crippen LogP contribution in [0.3, 0.4) is 0 Å². The molecule has 13 nitrogen and oxygen atoms in total.